The van der Waals surface area contributed by atoms with Gasteiger partial charge in [0.15, 0.2) is 5.11 Å². The molecule has 1 aromatic carbocycles. The number of hydrogen-bond donors (Lipinski definition) is 2. The smallest absolute Gasteiger partial charge is 0.166 e. The third-order valence-corrected chi connectivity index (χ3v) is 3.75. The number of rotatable bonds is 4. The molecule has 2 N–H and O–H groups in total. The molecule has 0 radical (unpaired) electrons. The molecule has 0 saturated carbocycles. The normalized spacial score (nSPS) is 20.0. The van der Waals surface area contributed by atoms with Crippen molar-refractivity contribution in [3.05, 3.63) is 34.9 Å². The van der Waals surface area contributed by atoms with Crippen molar-refractivity contribution in [1.29, 1.82) is 0 Å². The summed E-state index contributed by atoms with van der Waals surface area (Å²) in [5, 5.41) is 7.88. The molecular weight excluding hydrogens is 280 g/mol. The summed E-state index contributed by atoms with van der Waals surface area (Å²) < 4.78 is 5.54. The van der Waals surface area contributed by atoms with Crippen molar-refractivity contribution in [1.82, 2.24) is 10.6 Å². The van der Waals surface area contributed by atoms with Crippen molar-refractivity contribution in [3.8, 4) is 0 Å². The van der Waals surface area contributed by atoms with Crippen molar-refractivity contribution >= 4 is 28.9 Å². The third kappa shape index (κ3) is 4.64. The molecule has 1 fully saturated rings. The quantitative estimate of drug-likeness (QED) is 0.837. The molecule has 1 heterocycles. The highest BCUT2D eigenvalue weighted by Gasteiger charge is 2.15. The van der Waals surface area contributed by atoms with Crippen LogP contribution < -0.4 is 10.6 Å². The minimum atomic E-state index is 0.154. The summed E-state index contributed by atoms with van der Waals surface area (Å²) in [5.74, 6) is 0. The minimum absolute atomic E-state index is 0.154. The Kier molecular flexibility index (Phi) is 5.43. The molecule has 19 heavy (non-hydrogen) atoms. The highest BCUT2D eigenvalue weighted by atomic mass is 35.5. The predicted octanol–water partition coefficient (Wildman–Crippen LogP) is 3.04. The van der Waals surface area contributed by atoms with Gasteiger partial charge in [-0.1, -0.05) is 23.7 Å². The SMILES string of the molecule is C[C@H](NC(=S)NC[C@H]1CCCO1)c1ccc(Cl)cc1. The van der Waals surface area contributed by atoms with Gasteiger partial charge in [0.05, 0.1) is 12.1 Å². The van der Waals surface area contributed by atoms with Crippen molar-refractivity contribution in [3.63, 3.8) is 0 Å². The fourth-order valence-electron chi connectivity index (χ4n) is 2.09. The number of hydrogen-bond acceptors (Lipinski definition) is 2. The van der Waals surface area contributed by atoms with Crippen LogP contribution in [-0.4, -0.2) is 24.4 Å². The Morgan fingerprint density at radius 1 is 1.47 bits per heavy atom. The maximum atomic E-state index is 5.87. The van der Waals surface area contributed by atoms with E-state index in [2.05, 4.69) is 17.6 Å². The van der Waals surface area contributed by atoms with Crippen LogP contribution in [0.2, 0.25) is 5.02 Å². The number of nitrogens with one attached hydrogen (secondary N) is 2. The van der Waals surface area contributed by atoms with Crippen LogP contribution in [0.1, 0.15) is 31.4 Å². The van der Waals surface area contributed by atoms with E-state index in [1.165, 1.54) is 0 Å². The molecule has 2 rings (SSSR count). The van der Waals surface area contributed by atoms with Gasteiger partial charge in [0, 0.05) is 18.2 Å². The lowest BCUT2D eigenvalue weighted by Gasteiger charge is -2.19. The van der Waals surface area contributed by atoms with Gasteiger partial charge in [0.25, 0.3) is 0 Å². The van der Waals surface area contributed by atoms with Gasteiger partial charge in [-0.15, -0.1) is 0 Å². The molecule has 1 aliphatic heterocycles. The molecule has 0 spiro atoms. The lowest BCUT2D eigenvalue weighted by Crippen LogP contribution is -2.40. The standard InChI is InChI=1S/C14H19ClN2OS/c1-10(11-4-6-12(15)7-5-11)17-14(19)16-9-13-3-2-8-18-13/h4-7,10,13H,2-3,8-9H2,1H3,(H2,16,17,19)/t10-,13+/m0/s1. The van der Waals surface area contributed by atoms with Crippen LogP contribution >= 0.6 is 23.8 Å². The lowest BCUT2D eigenvalue weighted by molar-refractivity contribution is 0.114. The Hall–Kier alpha value is -0.840. The number of halogens is 1. The monoisotopic (exact) mass is 298 g/mol. The van der Waals surface area contributed by atoms with E-state index < -0.39 is 0 Å². The first kappa shape index (κ1) is 14.6. The summed E-state index contributed by atoms with van der Waals surface area (Å²) in [7, 11) is 0. The number of thiocarbonyl (C=S) groups is 1. The minimum Gasteiger partial charge on any atom is -0.376 e. The van der Waals surface area contributed by atoms with Crippen LogP contribution in [-0.2, 0) is 4.74 Å². The molecule has 0 bridgehead atoms. The number of benzene rings is 1. The molecule has 3 nitrogen and oxygen atoms in total. The third-order valence-electron chi connectivity index (χ3n) is 3.23. The molecule has 0 amide bonds. The second kappa shape index (κ2) is 7.08. The molecule has 1 saturated heterocycles. The topological polar surface area (TPSA) is 33.3 Å². The van der Waals surface area contributed by atoms with Crippen LogP contribution in [0.3, 0.4) is 0 Å². The molecule has 0 unspecified atom stereocenters. The molecule has 0 aliphatic carbocycles. The van der Waals surface area contributed by atoms with E-state index in [4.69, 9.17) is 28.6 Å². The van der Waals surface area contributed by atoms with Gasteiger partial charge in [0.2, 0.25) is 0 Å². The van der Waals surface area contributed by atoms with E-state index in [1.54, 1.807) is 0 Å². The van der Waals surface area contributed by atoms with E-state index >= 15 is 0 Å². The second-order valence-electron chi connectivity index (χ2n) is 4.76. The van der Waals surface area contributed by atoms with Crippen molar-refractivity contribution in [2.45, 2.75) is 31.9 Å². The summed E-state index contributed by atoms with van der Waals surface area (Å²) >= 11 is 11.2. The van der Waals surface area contributed by atoms with Gasteiger partial charge in [-0.05, 0) is 49.7 Å². The zero-order chi connectivity index (χ0) is 13.7. The second-order valence-corrected chi connectivity index (χ2v) is 5.61. The Labute approximate surface area is 124 Å². The van der Waals surface area contributed by atoms with Crippen LogP contribution in [0.5, 0.6) is 0 Å². The zero-order valence-corrected chi connectivity index (χ0v) is 12.6. The largest absolute Gasteiger partial charge is 0.376 e. The summed E-state index contributed by atoms with van der Waals surface area (Å²) in [6.45, 7) is 3.72. The average Bonchev–Trinajstić information content (AvgIpc) is 2.90. The van der Waals surface area contributed by atoms with Crippen molar-refractivity contribution in [2.75, 3.05) is 13.2 Å². The van der Waals surface area contributed by atoms with Crippen LogP contribution in [0.15, 0.2) is 24.3 Å². The first-order chi connectivity index (χ1) is 9.15. The lowest BCUT2D eigenvalue weighted by atomic mass is 10.1. The maximum absolute atomic E-state index is 5.87. The highest BCUT2D eigenvalue weighted by Crippen LogP contribution is 2.16. The van der Waals surface area contributed by atoms with Gasteiger partial charge in [0.1, 0.15) is 0 Å². The molecule has 0 aromatic heterocycles. The predicted molar refractivity (Wildman–Crippen MR) is 82.6 cm³/mol. The van der Waals surface area contributed by atoms with Gasteiger partial charge in [-0.25, -0.2) is 0 Å². The summed E-state index contributed by atoms with van der Waals surface area (Å²) in [5.41, 5.74) is 1.16. The van der Waals surface area contributed by atoms with E-state index in [0.717, 1.165) is 36.6 Å². The van der Waals surface area contributed by atoms with Crippen molar-refractivity contribution < 1.29 is 4.74 Å². The van der Waals surface area contributed by atoms with E-state index in [1.807, 2.05) is 24.3 Å². The molecule has 104 valence electrons. The van der Waals surface area contributed by atoms with E-state index in [9.17, 15) is 0 Å². The Morgan fingerprint density at radius 2 is 2.21 bits per heavy atom. The number of ether oxygens (including phenoxy) is 1. The van der Waals surface area contributed by atoms with E-state index in [-0.39, 0.29) is 6.04 Å². The van der Waals surface area contributed by atoms with Gasteiger partial charge in [-0.3, -0.25) is 0 Å². The van der Waals surface area contributed by atoms with Gasteiger partial charge in [-0.2, -0.15) is 0 Å². The highest BCUT2D eigenvalue weighted by molar-refractivity contribution is 7.80. The fourth-order valence-corrected chi connectivity index (χ4v) is 2.48. The molecule has 2 atom stereocenters. The summed E-state index contributed by atoms with van der Waals surface area (Å²) in [6, 6.07) is 7.93. The van der Waals surface area contributed by atoms with Gasteiger partial charge < -0.3 is 15.4 Å². The maximum Gasteiger partial charge on any atom is 0.166 e. The Morgan fingerprint density at radius 3 is 2.84 bits per heavy atom. The van der Waals surface area contributed by atoms with Gasteiger partial charge >= 0.3 is 0 Å². The molecular formula is C14H19ClN2OS. The average molecular weight is 299 g/mol. The summed E-state index contributed by atoms with van der Waals surface area (Å²) in [6.07, 6.45) is 2.56. The van der Waals surface area contributed by atoms with Crippen molar-refractivity contribution in [2.24, 2.45) is 0 Å². The molecule has 1 aromatic rings. The Balaban J connectivity index is 1.76. The Bertz CT molecular complexity index is 418. The first-order valence-corrected chi connectivity index (χ1v) is 7.35. The van der Waals surface area contributed by atoms with Crippen LogP contribution in [0.25, 0.3) is 0 Å². The fraction of sp³-hybridized carbons (Fsp3) is 0.500. The van der Waals surface area contributed by atoms with Crippen LogP contribution in [0, 0.1) is 0 Å². The molecule has 1 aliphatic rings. The van der Waals surface area contributed by atoms with E-state index in [0.29, 0.717) is 11.2 Å². The molecule has 5 heteroatoms. The first-order valence-electron chi connectivity index (χ1n) is 6.56. The van der Waals surface area contributed by atoms with Crippen LogP contribution in [0.4, 0.5) is 0 Å². The zero-order valence-electron chi connectivity index (χ0n) is 11.0. The summed E-state index contributed by atoms with van der Waals surface area (Å²) in [4.78, 5) is 0.